The fraction of sp³-hybridized carbons (Fsp3) is 0.125. The zero-order chi connectivity index (χ0) is 11.1. The van der Waals surface area contributed by atoms with Crippen molar-refractivity contribution >= 4 is 42.5 Å². The van der Waals surface area contributed by atoms with Crippen molar-refractivity contribution in [3.63, 3.8) is 0 Å². The highest BCUT2D eigenvalue weighted by atomic mass is 35.7. The second-order valence-electron chi connectivity index (χ2n) is 2.86. The van der Waals surface area contributed by atoms with Gasteiger partial charge in [0.05, 0.1) is 22.3 Å². The highest BCUT2D eigenvalue weighted by Crippen LogP contribution is 2.30. The lowest BCUT2D eigenvalue weighted by atomic mass is 10.3. The number of fused-ring (bicyclic) bond motifs is 1. The SMILES string of the molecule is CSc1cc2nc[nH]c2cc1S(=O)(=O)Cl. The number of nitrogens with zero attached hydrogens (tertiary/aromatic N) is 1. The minimum Gasteiger partial charge on any atom is -0.345 e. The van der Waals surface area contributed by atoms with Gasteiger partial charge in [-0.15, -0.1) is 11.8 Å². The van der Waals surface area contributed by atoms with Crippen LogP contribution in [0.25, 0.3) is 11.0 Å². The van der Waals surface area contributed by atoms with E-state index < -0.39 is 9.05 Å². The minimum atomic E-state index is -3.71. The second kappa shape index (κ2) is 3.70. The lowest BCUT2D eigenvalue weighted by Gasteiger charge is -2.03. The van der Waals surface area contributed by atoms with Gasteiger partial charge in [-0.2, -0.15) is 0 Å². The number of hydrogen-bond acceptors (Lipinski definition) is 4. The third kappa shape index (κ3) is 1.97. The number of aromatic nitrogens is 2. The van der Waals surface area contributed by atoms with E-state index >= 15 is 0 Å². The molecule has 2 aromatic rings. The molecule has 15 heavy (non-hydrogen) atoms. The number of benzene rings is 1. The average Bonchev–Trinajstić information content (AvgIpc) is 2.60. The molecule has 0 bridgehead atoms. The van der Waals surface area contributed by atoms with Gasteiger partial charge >= 0.3 is 0 Å². The molecule has 0 radical (unpaired) electrons. The summed E-state index contributed by atoms with van der Waals surface area (Å²) in [7, 11) is 1.62. The van der Waals surface area contributed by atoms with Crippen molar-refractivity contribution in [3.05, 3.63) is 18.5 Å². The molecule has 0 unspecified atom stereocenters. The summed E-state index contributed by atoms with van der Waals surface area (Å²) >= 11 is 1.32. The number of H-pyrrole nitrogens is 1. The molecule has 0 aliphatic carbocycles. The van der Waals surface area contributed by atoms with E-state index in [1.807, 2.05) is 0 Å². The Morgan fingerprint density at radius 1 is 1.47 bits per heavy atom. The van der Waals surface area contributed by atoms with E-state index in [2.05, 4.69) is 9.97 Å². The molecule has 80 valence electrons. The highest BCUT2D eigenvalue weighted by Gasteiger charge is 2.17. The van der Waals surface area contributed by atoms with Crippen molar-refractivity contribution in [2.24, 2.45) is 0 Å². The highest BCUT2D eigenvalue weighted by molar-refractivity contribution is 8.14. The molecule has 0 amide bonds. The molecule has 0 saturated heterocycles. The van der Waals surface area contributed by atoms with Gasteiger partial charge in [0.25, 0.3) is 9.05 Å². The molecule has 0 spiro atoms. The Balaban J connectivity index is 2.81. The number of thioether (sulfide) groups is 1. The monoisotopic (exact) mass is 262 g/mol. The number of halogens is 1. The van der Waals surface area contributed by atoms with Crippen molar-refractivity contribution in [1.29, 1.82) is 0 Å². The van der Waals surface area contributed by atoms with Gasteiger partial charge in [0.15, 0.2) is 0 Å². The molecule has 2 rings (SSSR count). The average molecular weight is 263 g/mol. The molecule has 1 aromatic carbocycles. The molecule has 0 saturated carbocycles. The molecule has 1 aromatic heterocycles. The normalized spacial score (nSPS) is 12.1. The fourth-order valence-electron chi connectivity index (χ4n) is 1.29. The van der Waals surface area contributed by atoms with Crippen LogP contribution < -0.4 is 0 Å². The number of nitrogens with one attached hydrogen (secondary N) is 1. The number of aromatic amines is 1. The quantitative estimate of drug-likeness (QED) is 0.666. The standard InChI is InChI=1S/C8H7ClN2O2S2/c1-14-7-2-5-6(11-4-10-5)3-8(7)15(9,12)13/h2-4H,1H3,(H,10,11). The Kier molecular flexibility index (Phi) is 2.66. The maximum absolute atomic E-state index is 11.3. The fourth-order valence-corrected chi connectivity index (χ4v) is 3.44. The Labute approximate surface area is 95.5 Å². The Hall–Kier alpha value is -0.720. The largest absolute Gasteiger partial charge is 0.345 e. The predicted octanol–water partition coefficient (Wildman–Crippen LogP) is 2.21. The van der Waals surface area contributed by atoms with E-state index in [4.69, 9.17) is 10.7 Å². The van der Waals surface area contributed by atoms with E-state index in [0.717, 1.165) is 5.52 Å². The first kappa shape index (κ1) is 10.8. The third-order valence-corrected chi connectivity index (χ3v) is 4.24. The van der Waals surface area contributed by atoms with Gasteiger partial charge in [-0.3, -0.25) is 0 Å². The topological polar surface area (TPSA) is 62.8 Å². The van der Waals surface area contributed by atoms with Gasteiger partial charge < -0.3 is 4.98 Å². The molecule has 0 fully saturated rings. The van der Waals surface area contributed by atoms with Crippen LogP contribution >= 0.6 is 22.4 Å². The second-order valence-corrected chi connectivity index (χ2v) is 6.24. The van der Waals surface area contributed by atoms with Crippen molar-refractivity contribution in [2.75, 3.05) is 6.26 Å². The number of hydrogen-bond donors (Lipinski definition) is 1. The molecule has 0 aliphatic rings. The minimum absolute atomic E-state index is 0.119. The van der Waals surface area contributed by atoms with Crippen molar-refractivity contribution < 1.29 is 8.42 Å². The van der Waals surface area contributed by atoms with Crippen LogP contribution in [0, 0.1) is 0 Å². The number of imidazole rings is 1. The van der Waals surface area contributed by atoms with Gasteiger partial charge in [0.1, 0.15) is 0 Å². The van der Waals surface area contributed by atoms with Gasteiger partial charge in [-0.25, -0.2) is 13.4 Å². The van der Waals surface area contributed by atoms with Gasteiger partial charge in [0, 0.05) is 15.6 Å². The van der Waals surface area contributed by atoms with Crippen LogP contribution in [0.3, 0.4) is 0 Å². The van der Waals surface area contributed by atoms with E-state index in [1.165, 1.54) is 24.2 Å². The van der Waals surface area contributed by atoms with Crippen molar-refractivity contribution in [3.8, 4) is 0 Å². The zero-order valence-electron chi connectivity index (χ0n) is 7.69. The molecule has 4 nitrogen and oxygen atoms in total. The molecular formula is C8H7ClN2O2S2. The molecular weight excluding hydrogens is 256 g/mol. The van der Waals surface area contributed by atoms with Crippen molar-refractivity contribution in [1.82, 2.24) is 9.97 Å². The van der Waals surface area contributed by atoms with Crippen LogP contribution in [0.5, 0.6) is 0 Å². The summed E-state index contributed by atoms with van der Waals surface area (Å²) in [6.07, 6.45) is 3.30. The lowest BCUT2D eigenvalue weighted by Crippen LogP contribution is -1.93. The van der Waals surface area contributed by atoms with E-state index in [-0.39, 0.29) is 4.90 Å². The third-order valence-electron chi connectivity index (χ3n) is 1.97. The first-order valence-electron chi connectivity index (χ1n) is 3.98. The summed E-state index contributed by atoms with van der Waals surface area (Å²) < 4.78 is 22.6. The van der Waals surface area contributed by atoms with Crippen LogP contribution in [0.2, 0.25) is 0 Å². The maximum atomic E-state index is 11.3. The van der Waals surface area contributed by atoms with E-state index in [0.29, 0.717) is 10.4 Å². The van der Waals surface area contributed by atoms with Crippen LogP contribution in [-0.4, -0.2) is 24.6 Å². The zero-order valence-corrected chi connectivity index (χ0v) is 10.1. The number of rotatable bonds is 2. The molecule has 0 aliphatic heterocycles. The Morgan fingerprint density at radius 3 is 2.80 bits per heavy atom. The summed E-state index contributed by atoms with van der Waals surface area (Å²) in [6.45, 7) is 0. The first-order chi connectivity index (χ1) is 7.02. The smallest absolute Gasteiger partial charge is 0.262 e. The summed E-state index contributed by atoms with van der Waals surface area (Å²) in [4.78, 5) is 7.60. The molecule has 7 heteroatoms. The Bertz CT molecular complexity index is 606. The summed E-state index contributed by atoms with van der Waals surface area (Å²) in [5, 5.41) is 0. The molecule has 1 heterocycles. The van der Waals surface area contributed by atoms with Gasteiger partial charge in [-0.1, -0.05) is 0 Å². The summed E-state index contributed by atoms with van der Waals surface area (Å²) in [5.41, 5.74) is 1.38. The van der Waals surface area contributed by atoms with Gasteiger partial charge in [0.2, 0.25) is 0 Å². The van der Waals surface area contributed by atoms with Crippen LogP contribution in [-0.2, 0) is 9.05 Å². The molecule has 1 N–H and O–H groups in total. The van der Waals surface area contributed by atoms with Crippen LogP contribution in [0.15, 0.2) is 28.3 Å². The Morgan fingerprint density at radius 2 is 2.20 bits per heavy atom. The maximum Gasteiger partial charge on any atom is 0.262 e. The molecule has 0 atom stereocenters. The summed E-state index contributed by atoms with van der Waals surface area (Å²) in [6, 6.07) is 3.20. The first-order valence-corrected chi connectivity index (χ1v) is 7.51. The van der Waals surface area contributed by atoms with E-state index in [9.17, 15) is 8.42 Å². The van der Waals surface area contributed by atoms with Gasteiger partial charge in [-0.05, 0) is 18.4 Å². The predicted molar refractivity (Wildman–Crippen MR) is 60.9 cm³/mol. The van der Waals surface area contributed by atoms with Crippen LogP contribution in [0.1, 0.15) is 0 Å². The lowest BCUT2D eigenvalue weighted by molar-refractivity contribution is 0.608. The van der Waals surface area contributed by atoms with Crippen LogP contribution in [0.4, 0.5) is 0 Å². The van der Waals surface area contributed by atoms with E-state index in [1.54, 1.807) is 12.3 Å². The summed E-state index contributed by atoms with van der Waals surface area (Å²) in [5.74, 6) is 0. The van der Waals surface area contributed by atoms with Crippen molar-refractivity contribution in [2.45, 2.75) is 9.79 Å².